The first-order valence-corrected chi connectivity index (χ1v) is 9.41. The predicted molar refractivity (Wildman–Crippen MR) is 113 cm³/mol. The molecule has 0 aromatic heterocycles. The van der Waals surface area contributed by atoms with Gasteiger partial charge in [-0.15, -0.1) is 0 Å². The molecule has 8 heteroatoms. The summed E-state index contributed by atoms with van der Waals surface area (Å²) in [4.78, 5) is 39.9. The number of imide groups is 1. The number of nitrogens with one attached hydrogen (secondary N) is 2. The number of carbonyl (C=O) groups is 3. The number of carbonyl (C=O) groups excluding carboxylic acids is 3. The number of hydrogen-bond acceptors (Lipinski definition) is 6. The van der Waals surface area contributed by atoms with Crippen molar-refractivity contribution in [2.24, 2.45) is 0 Å². The third-order valence-corrected chi connectivity index (χ3v) is 4.88. The molecule has 0 aliphatic carbocycles. The van der Waals surface area contributed by atoms with Crippen molar-refractivity contribution in [1.82, 2.24) is 15.1 Å². The van der Waals surface area contributed by atoms with Crippen LogP contribution in [0, 0.1) is 0 Å². The quantitative estimate of drug-likeness (QED) is 0.500. The number of phenols is 1. The monoisotopic (exact) mass is 408 g/mol. The first-order chi connectivity index (χ1) is 14.2. The first-order valence-electron chi connectivity index (χ1n) is 9.41. The lowest BCUT2D eigenvalue weighted by Gasteiger charge is -2.17. The summed E-state index contributed by atoms with van der Waals surface area (Å²) in [5.41, 5.74) is 1.29. The molecule has 156 valence electrons. The predicted octanol–water partition coefficient (Wildman–Crippen LogP) is 2.07. The Labute approximate surface area is 174 Å². The Bertz CT molecular complexity index is 1030. The summed E-state index contributed by atoms with van der Waals surface area (Å²) in [5.74, 6) is -1.70. The van der Waals surface area contributed by atoms with Gasteiger partial charge in [0.15, 0.2) is 5.75 Å². The van der Waals surface area contributed by atoms with Crippen molar-refractivity contribution in [2.75, 3.05) is 26.5 Å². The normalized spacial score (nSPS) is 14.7. The SMILES string of the molecule is C[C@@H](NC1=C(Nc2cccc(C(=O)N(C)C)c2O)C(=O)N(C)C1=O)c1ccccc1. The molecule has 0 radical (unpaired) electrons. The molecule has 0 fully saturated rings. The fourth-order valence-corrected chi connectivity index (χ4v) is 3.13. The van der Waals surface area contributed by atoms with Crippen molar-refractivity contribution in [3.05, 3.63) is 71.1 Å². The van der Waals surface area contributed by atoms with E-state index in [1.165, 1.54) is 24.1 Å². The van der Waals surface area contributed by atoms with Gasteiger partial charge in [-0.3, -0.25) is 19.3 Å². The van der Waals surface area contributed by atoms with Crippen LogP contribution in [0.5, 0.6) is 5.75 Å². The molecule has 2 aromatic carbocycles. The number of nitrogens with zero attached hydrogens (tertiary/aromatic N) is 2. The van der Waals surface area contributed by atoms with Gasteiger partial charge >= 0.3 is 0 Å². The maximum atomic E-state index is 12.7. The highest BCUT2D eigenvalue weighted by Gasteiger charge is 2.37. The van der Waals surface area contributed by atoms with E-state index in [1.807, 2.05) is 37.3 Å². The number of benzene rings is 2. The van der Waals surface area contributed by atoms with Crippen LogP contribution in [0.1, 0.15) is 28.9 Å². The summed E-state index contributed by atoms with van der Waals surface area (Å²) in [5, 5.41) is 16.5. The van der Waals surface area contributed by atoms with Gasteiger partial charge in [0, 0.05) is 27.2 Å². The van der Waals surface area contributed by atoms with Crippen LogP contribution in [0.15, 0.2) is 59.9 Å². The van der Waals surface area contributed by atoms with Crippen LogP contribution in [0.25, 0.3) is 0 Å². The van der Waals surface area contributed by atoms with Gasteiger partial charge in [-0.25, -0.2) is 0 Å². The summed E-state index contributed by atoms with van der Waals surface area (Å²) in [6, 6.07) is 13.9. The van der Waals surface area contributed by atoms with Crippen LogP contribution >= 0.6 is 0 Å². The molecule has 1 aliphatic heterocycles. The highest BCUT2D eigenvalue weighted by atomic mass is 16.3. The average molecular weight is 408 g/mol. The van der Waals surface area contributed by atoms with Crippen LogP contribution in [-0.2, 0) is 9.59 Å². The van der Waals surface area contributed by atoms with Gasteiger partial charge in [0.05, 0.1) is 11.3 Å². The van der Waals surface area contributed by atoms with E-state index in [1.54, 1.807) is 20.2 Å². The molecule has 3 amide bonds. The Morgan fingerprint density at radius 3 is 2.27 bits per heavy atom. The molecular formula is C22H24N4O4. The van der Waals surface area contributed by atoms with Crippen molar-refractivity contribution in [2.45, 2.75) is 13.0 Å². The Morgan fingerprint density at radius 1 is 1.00 bits per heavy atom. The van der Waals surface area contributed by atoms with Crippen molar-refractivity contribution < 1.29 is 19.5 Å². The number of anilines is 1. The summed E-state index contributed by atoms with van der Waals surface area (Å²) in [6.07, 6.45) is 0. The number of phenolic OH excluding ortho intramolecular Hbond substituents is 1. The minimum atomic E-state index is -0.536. The molecule has 0 saturated carbocycles. The number of rotatable bonds is 6. The Balaban J connectivity index is 1.97. The summed E-state index contributed by atoms with van der Waals surface area (Å²) >= 11 is 0. The van der Waals surface area contributed by atoms with Gasteiger partial charge in [-0.2, -0.15) is 0 Å². The standard InChI is InChI=1S/C22H24N4O4/c1-13(14-9-6-5-7-10-14)23-17-18(22(30)26(4)21(17)29)24-16-12-8-11-15(19(16)27)20(28)25(2)3/h5-13,23-24,27H,1-4H3/t13-/m1/s1. The molecule has 1 aliphatic rings. The summed E-state index contributed by atoms with van der Waals surface area (Å²) < 4.78 is 0. The van der Waals surface area contributed by atoms with E-state index in [4.69, 9.17) is 0 Å². The fraction of sp³-hybridized carbons (Fsp3) is 0.227. The molecule has 30 heavy (non-hydrogen) atoms. The lowest BCUT2D eigenvalue weighted by molar-refractivity contribution is -0.136. The van der Waals surface area contributed by atoms with E-state index < -0.39 is 11.8 Å². The van der Waals surface area contributed by atoms with Crippen LogP contribution in [-0.4, -0.2) is 53.8 Å². The molecule has 0 bridgehead atoms. The van der Waals surface area contributed by atoms with Crippen molar-refractivity contribution in [3.63, 3.8) is 0 Å². The second-order valence-electron chi connectivity index (χ2n) is 7.22. The van der Waals surface area contributed by atoms with E-state index in [9.17, 15) is 19.5 Å². The smallest absolute Gasteiger partial charge is 0.279 e. The third-order valence-electron chi connectivity index (χ3n) is 4.88. The lowest BCUT2D eigenvalue weighted by Crippen LogP contribution is -2.30. The van der Waals surface area contributed by atoms with E-state index >= 15 is 0 Å². The number of amides is 3. The average Bonchev–Trinajstić information content (AvgIpc) is 2.93. The third kappa shape index (κ3) is 3.84. The molecule has 3 rings (SSSR count). The van der Waals surface area contributed by atoms with E-state index in [-0.39, 0.29) is 40.3 Å². The van der Waals surface area contributed by atoms with Crippen molar-refractivity contribution in [3.8, 4) is 5.75 Å². The zero-order valence-corrected chi connectivity index (χ0v) is 17.3. The van der Waals surface area contributed by atoms with E-state index in [2.05, 4.69) is 10.6 Å². The van der Waals surface area contributed by atoms with Crippen LogP contribution < -0.4 is 10.6 Å². The molecule has 0 unspecified atom stereocenters. The van der Waals surface area contributed by atoms with E-state index in [0.717, 1.165) is 10.5 Å². The highest BCUT2D eigenvalue weighted by Crippen LogP contribution is 2.31. The van der Waals surface area contributed by atoms with Crippen molar-refractivity contribution >= 4 is 23.4 Å². The highest BCUT2D eigenvalue weighted by molar-refractivity contribution is 6.20. The van der Waals surface area contributed by atoms with Gasteiger partial charge in [0.2, 0.25) is 0 Å². The molecule has 1 heterocycles. The van der Waals surface area contributed by atoms with Gasteiger partial charge in [-0.1, -0.05) is 36.4 Å². The minimum absolute atomic E-state index is 0.00929. The zero-order valence-electron chi connectivity index (χ0n) is 17.3. The number of hydrogen-bond donors (Lipinski definition) is 3. The second kappa shape index (κ2) is 8.28. The topological polar surface area (TPSA) is 102 Å². The maximum absolute atomic E-state index is 12.7. The Kier molecular flexibility index (Phi) is 5.77. The minimum Gasteiger partial charge on any atom is -0.505 e. The largest absolute Gasteiger partial charge is 0.505 e. The Hall–Kier alpha value is -3.81. The van der Waals surface area contributed by atoms with E-state index in [0.29, 0.717) is 0 Å². The molecule has 0 saturated heterocycles. The lowest BCUT2D eigenvalue weighted by atomic mass is 10.1. The second-order valence-corrected chi connectivity index (χ2v) is 7.22. The molecule has 2 aromatic rings. The number of aromatic hydroxyl groups is 1. The molecule has 3 N–H and O–H groups in total. The number of para-hydroxylation sites is 1. The van der Waals surface area contributed by atoms with Crippen molar-refractivity contribution in [1.29, 1.82) is 0 Å². The molecule has 1 atom stereocenters. The molecule has 0 spiro atoms. The van der Waals surface area contributed by atoms with Gasteiger partial charge in [0.25, 0.3) is 17.7 Å². The van der Waals surface area contributed by atoms with Crippen LogP contribution in [0.3, 0.4) is 0 Å². The summed E-state index contributed by atoms with van der Waals surface area (Å²) in [6.45, 7) is 1.88. The summed E-state index contributed by atoms with van der Waals surface area (Å²) in [7, 11) is 4.54. The van der Waals surface area contributed by atoms with Gasteiger partial charge in [-0.05, 0) is 24.6 Å². The molecular weight excluding hydrogens is 384 g/mol. The Morgan fingerprint density at radius 2 is 1.63 bits per heavy atom. The number of likely N-dealkylation sites (N-methyl/N-ethyl adjacent to an activating group) is 1. The van der Waals surface area contributed by atoms with Crippen LogP contribution in [0.4, 0.5) is 5.69 Å². The first kappa shape index (κ1) is 20.9. The maximum Gasteiger partial charge on any atom is 0.279 e. The molecule has 8 nitrogen and oxygen atoms in total. The fourth-order valence-electron chi connectivity index (χ4n) is 3.13. The zero-order chi connectivity index (χ0) is 22.0. The van der Waals surface area contributed by atoms with Gasteiger partial charge < -0.3 is 20.6 Å². The van der Waals surface area contributed by atoms with Crippen LogP contribution in [0.2, 0.25) is 0 Å². The van der Waals surface area contributed by atoms with Gasteiger partial charge in [0.1, 0.15) is 11.4 Å².